The zero-order valence-corrected chi connectivity index (χ0v) is 14.7. The number of rotatable bonds is 6. The highest BCUT2D eigenvalue weighted by Crippen LogP contribution is 2.30. The first-order valence-electron chi connectivity index (χ1n) is 8.11. The lowest BCUT2D eigenvalue weighted by molar-refractivity contribution is -0.123. The van der Waals surface area contributed by atoms with Gasteiger partial charge in [0.05, 0.1) is 5.02 Å². The molecule has 3 nitrogen and oxygen atoms in total. The maximum Gasteiger partial charge on any atom is 0.258 e. The number of hydrogen-bond donors (Lipinski definition) is 1. The molecule has 0 saturated carbocycles. The summed E-state index contributed by atoms with van der Waals surface area (Å²) in [6, 6.07) is 21.3. The average molecular weight is 370 g/mol. The van der Waals surface area contributed by atoms with Crippen LogP contribution in [0.2, 0.25) is 5.02 Å². The summed E-state index contributed by atoms with van der Waals surface area (Å²) in [4.78, 5) is 11.9. The molecule has 3 aromatic rings. The van der Waals surface area contributed by atoms with Gasteiger partial charge < -0.3 is 10.1 Å². The lowest BCUT2D eigenvalue weighted by atomic mass is 10.1. The van der Waals surface area contributed by atoms with Crippen LogP contribution in [-0.2, 0) is 11.3 Å². The van der Waals surface area contributed by atoms with E-state index in [0.717, 1.165) is 16.7 Å². The molecule has 0 aliphatic heterocycles. The summed E-state index contributed by atoms with van der Waals surface area (Å²) in [5.41, 5.74) is 2.84. The van der Waals surface area contributed by atoms with E-state index in [1.165, 1.54) is 12.1 Å². The van der Waals surface area contributed by atoms with Crippen LogP contribution in [0.25, 0.3) is 11.1 Å². The van der Waals surface area contributed by atoms with Gasteiger partial charge in [0.1, 0.15) is 11.6 Å². The van der Waals surface area contributed by atoms with E-state index in [9.17, 15) is 9.18 Å². The zero-order valence-electron chi connectivity index (χ0n) is 13.9. The Morgan fingerprint density at radius 2 is 1.69 bits per heavy atom. The van der Waals surface area contributed by atoms with Gasteiger partial charge in [0.15, 0.2) is 6.61 Å². The van der Waals surface area contributed by atoms with Gasteiger partial charge in [-0.1, -0.05) is 60.1 Å². The van der Waals surface area contributed by atoms with Crippen LogP contribution in [0.1, 0.15) is 5.56 Å². The van der Waals surface area contributed by atoms with Gasteiger partial charge in [-0.25, -0.2) is 4.39 Å². The van der Waals surface area contributed by atoms with Crippen LogP contribution in [0, 0.1) is 5.82 Å². The molecule has 0 bridgehead atoms. The van der Waals surface area contributed by atoms with Crippen molar-refractivity contribution in [1.29, 1.82) is 0 Å². The Morgan fingerprint density at radius 3 is 2.38 bits per heavy atom. The number of nitrogens with one attached hydrogen (secondary N) is 1. The molecule has 3 rings (SSSR count). The quantitative estimate of drug-likeness (QED) is 0.675. The molecule has 0 radical (unpaired) electrons. The topological polar surface area (TPSA) is 38.3 Å². The second-order valence-corrected chi connectivity index (χ2v) is 6.11. The molecule has 0 fully saturated rings. The molecule has 5 heteroatoms. The highest BCUT2D eigenvalue weighted by Gasteiger charge is 2.08. The SMILES string of the molecule is O=C(COc1ccc(-c2ccccc2)cc1Cl)NCc1ccc(F)cc1. The molecule has 0 aromatic heterocycles. The maximum atomic E-state index is 12.8. The van der Waals surface area contributed by atoms with Crippen molar-refractivity contribution < 1.29 is 13.9 Å². The number of carbonyl (C=O) groups excluding carboxylic acids is 1. The van der Waals surface area contributed by atoms with Crippen LogP contribution in [0.15, 0.2) is 72.8 Å². The standard InChI is InChI=1S/C21H17ClFNO2/c22-19-12-17(16-4-2-1-3-5-16)8-11-20(19)26-14-21(25)24-13-15-6-9-18(23)10-7-15/h1-12H,13-14H2,(H,24,25). The lowest BCUT2D eigenvalue weighted by Gasteiger charge is -2.10. The molecule has 0 aliphatic carbocycles. The monoisotopic (exact) mass is 369 g/mol. The van der Waals surface area contributed by atoms with Gasteiger partial charge in [0.25, 0.3) is 5.91 Å². The highest BCUT2D eigenvalue weighted by atomic mass is 35.5. The van der Waals surface area contributed by atoms with Crippen molar-refractivity contribution in [2.45, 2.75) is 6.54 Å². The second-order valence-electron chi connectivity index (χ2n) is 5.70. The molecule has 1 amide bonds. The largest absolute Gasteiger partial charge is 0.482 e. The van der Waals surface area contributed by atoms with E-state index < -0.39 is 0 Å². The Morgan fingerprint density at radius 1 is 0.962 bits per heavy atom. The summed E-state index contributed by atoms with van der Waals surface area (Å²) in [6.07, 6.45) is 0. The van der Waals surface area contributed by atoms with E-state index >= 15 is 0 Å². The van der Waals surface area contributed by atoms with Crippen molar-refractivity contribution in [3.05, 3.63) is 89.2 Å². The first-order valence-corrected chi connectivity index (χ1v) is 8.48. The van der Waals surface area contributed by atoms with E-state index in [0.29, 0.717) is 17.3 Å². The fourth-order valence-electron chi connectivity index (χ4n) is 2.43. The number of amides is 1. The minimum Gasteiger partial charge on any atom is -0.482 e. The minimum absolute atomic E-state index is 0.147. The Kier molecular flexibility index (Phi) is 5.87. The van der Waals surface area contributed by atoms with E-state index in [-0.39, 0.29) is 18.3 Å². The summed E-state index contributed by atoms with van der Waals surface area (Å²) in [6.45, 7) is 0.161. The summed E-state index contributed by atoms with van der Waals surface area (Å²) >= 11 is 6.26. The molecule has 0 aliphatic rings. The average Bonchev–Trinajstić information content (AvgIpc) is 2.67. The molecule has 0 unspecified atom stereocenters. The lowest BCUT2D eigenvalue weighted by Crippen LogP contribution is -2.28. The van der Waals surface area contributed by atoms with Gasteiger partial charge in [0.2, 0.25) is 0 Å². The van der Waals surface area contributed by atoms with Gasteiger partial charge in [-0.3, -0.25) is 4.79 Å². The van der Waals surface area contributed by atoms with E-state index in [2.05, 4.69) is 5.32 Å². The Labute approximate surface area is 156 Å². The molecule has 0 saturated heterocycles. The van der Waals surface area contributed by atoms with Gasteiger partial charge >= 0.3 is 0 Å². The van der Waals surface area contributed by atoms with Crippen LogP contribution in [-0.4, -0.2) is 12.5 Å². The number of ether oxygens (including phenoxy) is 1. The Hall–Kier alpha value is -2.85. The van der Waals surface area contributed by atoms with Crippen molar-refractivity contribution in [3.8, 4) is 16.9 Å². The first kappa shape index (κ1) is 18.0. The Bertz CT molecular complexity index is 882. The molecule has 1 N–H and O–H groups in total. The zero-order chi connectivity index (χ0) is 18.4. The first-order chi connectivity index (χ1) is 12.6. The fraction of sp³-hybridized carbons (Fsp3) is 0.0952. The molecule has 132 valence electrons. The van der Waals surface area contributed by atoms with E-state index in [1.54, 1.807) is 18.2 Å². The molecular weight excluding hydrogens is 353 g/mol. The minimum atomic E-state index is -0.308. The summed E-state index contributed by atoms with van der Waals surface area (Å²) in [5.74, 6) is -0.141. The molecule has 0 spiro atoms. The maximum absolute atomic E-state index is 12.8. The number of carbonyl (C=O) groups is 1. The second kappa shape index (κ2) is 8.50. The van der Waals surface area contributed by atoms with Crippen LogP contribution >= 0.6 is 11.6 Å². The van der Waals surface area contributed by atoms with E-state index in [1.807, 2.05) is 42.5 Å². The van der Waals surface area contributed by atoms with Crippen LogP contribution in [0.3, 0.4) is 0 Å². The molecule has 3 aromatic carbocycles. The highest BCUT2D eigenvalue weighted by molar-refractivity contribution is 6.32. The number of hydrogen-bond acceptors (Lipinski definition) is 2. The van der Waals surface area contributed by atoms with Gasteiger partial charge in [-0.2, -0.15) is 0 Å². The molecular formula is C21H17ClFNO2. The predicted octanol–water partition coefficient (Wildman–Crippen LogP) is 4.84. The fourth-order valence-corrected chi connectivity index (χ4v) is 2.66. The summed E-state index contributed by atoms with van der Waals surface area (Å²) < 4.78 is 18.3. The van der Waals surface area contributed by atoms with Gasteiger partial charge in [0, 0.05) is 6.54 Å². The molecule has 26 heavy (non-hydrogen) atoms. The van der Waals surface area contributed by atoms with Crippen LogP contribution < -0.4 is 10.1 Å². The summed E-state index contributed by atoms with van der Waals surface area (Å²) in [7, 11) is 0. The van der Waals surface area contributed by atoms with Gasteiger partial charge in [-0.05, 0) is 41.0 Å². The summed E-state index contributed by atoms with van der Waals surface area (Å²) in [5, 5.41) is 3.16. The third-order valence-corrected chi connectivity index (χ3v) is 4.10. The van der Waals surface area contributed by atoms with Crippen molar-refractivity contribution in [2.75, 3.05) is 6.61 Å². The third-order valence-electron chi connectivity index (χ3n) is 3.80. The molecule has 0 atom stereocenters. The normalized spacial score (nSPS) is 10.4. The number of benzene rings is 3. The van der Waals surface area contributed by atoms with Crippen molar-refractivity contribution in [3.63, 3.8) is 0 Å². The van der Waals surface area contributed by atoms with Gasteiger partial charge in [-0.15, -0.1) is 0 Å². The Balaban J connectivity index is 1.54. The smallest absolute Gasteiger partial charge is 0.258 e. The van der Waals surface area contributed by atoms with Crippen LogP contribution in [0.4, 0.5) is 4.39 Å². The van der Waals surface area contributed by atoms with Crippen molar-refractivity contribution in [1.82, 2.24) is 5.32 Å². The van der Waals surface area contributed by atoms with Crippen molar-refractivity contribution >= 4 is 17.5 Å². The predicted molar refractivity (Wildman–Crippen MR) is 101 cm³/mol. The number of halogens is 2. The van der Waals surface area contributed by atoms with Crippen molar-refractivity contribution in [2.24, 2.45) is 0 Å². The van der Waals surface area contributed by atoms with Crippen LogP contribution in [0.5, 0.6) is 5.75 Å². The third kappa shape index (κ3) is 4.83. The molecule has 0 heterocycles. The van der Waals surface area contributed by atoms with E-state index in [4.69, 9.17) is 16.3 Å².